The second kappa shape index (κ2) is 9.04. The molecular formula is C26H24O5. The van der Waals surface area contributed by atoms with Gasteiger partial charge < -0.3 is 14.3 Å². The molecule has 0 aromatic heterocycles. The molecular weight excluding hydrogens is 392 g/mol. The van der Waals surface area contributed by atoms with Crippen molar-refractivity contribution in [3.63, 3.8) is 0 Å². The third kappa shape index (κ3) is 4.31. The number of fused-ring (bicyclic) bond motifs is 2. The second-order valence-corrected chi connectivity index (χ2v) is 7.55. The van der Waals surface area contributed by atoms with Crippen LogP contribution in [0.2, 0.25) is 0 Å². The van der Waals surface area contributed by atoms with Crippen molar-refractivity contribution in [1.82, 2.24) is 0 Å². The lowest BCUT2D eigenvalue weighted by atomic mass is 9.91. The Labute approximate surface area is 180 Å². The lowest BCUT2D eigenvalue weighted by molar-refractivity contribution is 0.0697. The molecule has 1 heterocycles. The first-order chi connectivity index (χ1) is 15.1. The van der Waals surface area contributed by atoms with Crippen molar-refractivity contribution < 1.29 is 19.1 Å². The molecule has 0 bridgehead atoms. The Morgan fingerprint density at radius 2 is 1.81 bits per heavy atom. The van der Waals surface area contributed by atoms with Crippen LogP contribution in [0.15, 0.2) is 69.9 Å². The molecule has 31 heavy (non-hydrogen) atoms. The molecule has 4 rings (SSSR count). The fourth-order valence-corrected chi connectivity index (χ4v) is 3.84. The largest absolute Gasteiger partial charge is 0.493 e. The van der Waals surface area contributed by atoms with Crippen molar-refractivity contribution in [2.24, 2.45) is 0 Å². The fraction of sp³-hybridized carbons (Fsp3) is 0.231. The molecule has 0 unspecified atom stereocenters. The Morgan fingerprint density at radius 3 is 2.61 bits per heavy atom. The van der Waals surface area contributed by atoms with Crippen molar-refractivity contribution in [3.05, 3.63) is 76.5 Å². The minimum Gasteiger partial charge on any atom is -0.493 e. The number of carbonyl (C=O) groups is 1. The van der Waals surface area contributed by atoms with Gasteiger partial charge in [0.2, 0.25) is 0 Å². The molecule has 0 atom stereocenters. The molecule has 0 saturated heterocycles. The van der Waals surface area contributed by atoms with Gasteiger partial charge in [-0.15, -0.1) is 0 Å². The Kier molecular flexibility index (Phi) is 6.03. The van der Waals surface area contributed by atoms with Crippen LogP contribution in [0, 0.1) is 0 Å². The molecule has 2 aromatic carbocycles. The molecule has 1 aliphatic heterocycles. The van der Waals surface area contributed by atoms with Gasteiger partial charge in [-0.2, -0.15) is 0 Å². The van der Waals surface area contributed by atoms with E-state index in [1.54, 1.807) is 36.4 Å². The van der Waals surface area contributed by atoms with Gasteiger partial charge in [-0.05, 0) is 42.3 Å². The van der Waals surface area contributed by atoms with E-state index >= 15 is 0 Å². The zero-order valence-electron chi connectivity index (χ0n) is 17.4. The van der Waals surface area contributed by atoms with Gasteiger partial charge in [0.1, 0.15) is 17.1 Å². The average Bonchev–Trinajstić information content (AvgIpc) is 2.77. The third-order valence-electron chi connectivity index (χ3n) is 5.36. The molecule has 1 aliphatic carbocycles. The first-order valence-electron chi connectivity index (χ1n) is 10.5. The molecule has 158 valence electrons. The zero-order chi connectivity index (χ0) is 21.8. The van der Waals surface area contributed by atoms with Crippen LogP contribution in [-0.2, 0) is 0 Å². The van der Waals surface area contributed by atoms with E-state index in [2.05, 4.69) is 6.92 Å². The Balaban J connectivity index is 1.86. The number of hydrogen-bond acceptors (Lipinski definition) is 4. The predicted octanol–water partition coefficient (Wildman–Crippen LogP) is 6.22. The molecule has 0 saturated carbocycles. The van der Waals surface area contributed by atoms with E-state index in [0.717, 1.165) is 23.8 Å². The van der Waals surface area contributed by atoms with Crippen LogP contribution in [0.3, 0.4) is 0 Å². The van der Waals surface area contributed by atoms with Crippen LogP contribution in [-0.4, -0.2) is 17.7 Å². The second-order valence-electron chi connectivity index (χ2n) is 7.55. The molecule has 0 amide bonds. The number of benzene rings is 3. The lowest BCUT2D eigenvalue weighted by Crippen LogP contribution is -2.03. The quantitative estimate of drug-likeness (QED) is 0.272. The summed E-state index contributed by atoms with van der Waals surface area (Å²) in [5, 5.41) is 10.5. The van der Waals surface area contributed by atoms with Crippen LogP contribution < -0.4 is 10.2 Å². The van der Waals surface area contributed by atoms with Gasteiger partial charge in [-0.25, -0.2) is 4.79 Å². The minimum atomic E-state index is -1.01. The highest BCUT2D eigenvalue weighted by molar-refractivity contribution is 6.07. The number of hydrogen-bond donors (Lipinski definition) is 1. The molecule has 1 N–H and O–H groups in total. The highest BCUT2D eigenvalue weighted by atomic mass is 16.5. The van der Waals surface area contributed by atoms with Crippen LogP contribution in [0.4, 0.5) is 0 Å². The standard InChI is InChI=1S/C26H24O5/c1-2-3-4-7-14-30-18-11-13-22-24(16-18)31-23-15-17(27)10-12-21(23)25(22)19-8-5-6-9-20(19)26(28)29/h5-6,8-13,15-16H,2-4,7,14H2,1H3,(H,28,29). The first-order valence-corrected chi connectivity index (χ1v) is 10.5. The van der Waals surface area contributed by atoms with Crippen LogP contribution in [0.5, 0.6) is 5.75 Å². The van der Waals surface area contributed by atoms with Crippen molar-refractivity contribution in [3.8, 4) is 28.2 Å². The maximum atomic E-state index is 12.0. The van der Waals surface area contributed by atoms with Gasteiger partial charge in [0.05, 0.1) is 12.2 Å². The molecule has 2 aliphatic rings. The van der Waals surface area contributed by atoms with E-state index in [9.17, 15) is 14.7 Å². The maximum absolute atomic E-state index is 12.0. The number of carboxylic acids is 1. The Morgan fingerprint density at radius 1 is 0.968 bits per heavy atom. The summed E-state index contributed by atoms with van der Waals surface area (Å²) in [5.74, 6) is 0.0864. The molecule has 5 nitrogen and oxygen atoms in total. The topological polar surface area (TPSA) is 76.7 Å². The highest BCUT2D eigenvalue weighted by Gasteiger charge is 2.21. The number of carboxylic acid groups (broad SMARTS) is 1. The van der Waals surface area contributed by atoms with Crippen molar-refractivity contribution in [2.75, 3.05) is 6.61 Å². The summed E-state index contributed by atoms with van der Waals surface area (Å²) in [6.07, 6.45) is 4.47. The van der Waals surface area contributed by atoms with E-state index < -0.39 is 5.97 Å². The fourth-order valence-electron chi connectivity index (χ4n) is 3.84. The van der Waals surface area contributed by atoms with Gasteiger partial charge in [-0.3, -0.25) is 4.79 Å². The molecule has 0 radical (unpaired) electrons. The summed E-state index contributed by atoms with van der Waals surface area (Å²) in [7, 11) is 0. The monoisotopic (exact) mass is 416 g/mol. The van der Waals surface area contributed by atoms with Crippen LogP contribution in [0.25, 0.3) is 33.4 Å². The van der Waals surface area contributed by atoms with Gasteiger partial charge in [0, 0.05) is 28.6 Å². The Bertz CT molecular complexity index is 1250. The summed E-state index contributed by atoms with van der Waals surface area (Å²) >= 11 is 0. The SMILES string of the molecule is CCCCCCOc1ccc2c(-c3ccccc3C(=O)O)c3ccc(=O)cc-3oc2c1. The zero-order valence-corrected chi connectivity index (χ0v) is 17.4. The maximum Gasteiger partial charge on any atom is 0.336 e. The predicted molar refractivity (Wildman–Crippen MR) is 121 cm³/mol. The molecule has 0 spiro atoms. The van der Waals surface area contributed by atoms with Gasteiger partial charge in [-0.1, -0.05) is 44.4 Å². The van der Waals surface area contributed by atoms with E-state index in [-0.39, 0.29) is 11.0 Å². The minimum absolute atomic E-state index is 0.170. The van der Waals surface area contributed by atoms with Gasteiger partial charge in [0.15, 0.2) is 5.43 Å². The molecule has 2 aromatic rings. The Hall–Kier alpha value is -3.60. The van der Waals surface area contributed by atoms with Crippen molar-refractivity contribution >= 4 is 16.9 Å². The van der Waals surface area contributed by atoms with Crippen molar-refractivity contribution in [2.45, 2.75) is 32.6 Å². The van der Waals surface area contributed by atoms with E-state index in [4.69, 9.17) is 9.15 Å². The molecule has 0 fully saturated rings. The number of unbranched alkanes of at least 4 members (excludes halogenated alkanes) is 3. The van der Waals surface area contributed by atoms with Gasteiger partial charge in [0.25, 0.3) is 0 Å². The lowest BCUT2D eigenvalue weighted by Gasteiger charge is -2.17. The number of aromatic carboxylic acids is 1. The van der Waals surface area contributed by atoms with Crippen molar-refractivity contribution in [1.29, 1.82) is 0 Å². The first kappa shape index (κ1) is 20.7. The van der Waals surface area contributed by atoms with Crippen LogP contribution in [0.1, 0.15) is 43.0 Å². The van der Waals surface area contributed by atoms with Gasteiger partial charge >= 0.3 is 5.97 Å². The molecule has 5 heteroatoms. The normalized spacial score (nSPS) is 11.1. The van der Waals surface area contributed by atoms with Crippen LogP contribution >= 0.6 is 0 Å². The summed E-state index contributed by atoms with van der Waals surface area (Å²) < 4.78 is 11.9. The van der Waals surface area contributed by atoms with E-state index in [0.29, 0.717) is 34.8 Å². The van der Waals surface area contributed by atoms with E-state index in [1.165, 1.54) is 25.0 Å². The summed E-state index contributed by atoms with van der Waals surface area (Å²) in [6, 6.07) is 17.0. The number of ether oxygens (including phenoxy) is 1. The average molecular weight is 416 g/mol. The highest BCUT2D eigenvalue weighted by Crippen LogP contribution is 2.41. The smallest absolute Gasteiger partial charge is 0.336 e. The summed E-state index contributed by atoms with van der Waals surface area (Å²) in [6.45, 7) is 2.79. The summed E-state index contributed by atoms with van der Waals surface area (Å²) in [4.78, 5) is 23.8. The third-order valence-corrected chi connectivity index (χ3v) is 5.36. The van der Waals surface area contributed by atoms with E-state index in [1.807, 2.05) is 12.1 Å². The summed E-state index contributed by atoms with van der Waals surface area (Å²) in [5.41, 5.74) is 2.56. The number of rotatable bonds is 8.